The number of hydrogen-bond donors (Lipinski definition) is 3. The van der Waals surface area contributed by atoms with Crippen LogP contribution in [-0.2, 0) is 6.54 Å². The second-order valence-corrected chi connectivity index (χ2v) is 9.11. The minimum atomic E-state index is -0.538. The SMILES string of the molecule is COc1cc(CN2CCC(c3ncc[nH]3)CC2)ccc1OCC(O)CN1CCC(N)CC1. The molecule has 4 rings (SSSR count). The molecule has 1 aromatic heterocycles. The third kappa shape index (κ3) is 6.22. The minimum Gasteiger partial charge on any atom is -0.493 e. The molecule has 32 heavy (non-hydrogen) atoms. The molecular formula is C24H37N5O3. The fourth-order valence-electron chi connectivity index (χ4n) is 4.73. The summed E-state index contributed by atoms with van der Waals surface area (Å²) in [5.41, 5.74) is 7.16. The average Bonchev–Trinajstić information content (AvgIpc) is 3.35. The Bertz CT molecular complexity index is 815. The molecule has 2 fully saturated rings. The van der Waals surface area contributed by atoms with Crippen LogP contribution in [0.3, 0.4) is 0 Å². The maximum absolute atomic E-state index is 10.4. The smallest absolute Gasteiger partial charge is 0.161 e. The van der Waals surface area contributed by atoms with Crippen LogP contribution in [0.1, 0.15) is 43.0 Å². The van der Waals surface area contributed by atoms with Gasteiger partial charge in [0.05, 0.1) is 7.11 Å². The number of H-pyrrole nitrogens is 1. The molecule has 8 nitrogen and oxygen atoms in total. The first-order valence-electron chi connectivity index (χ1n) is 11.8. The Kier molecular flexibility index (Phi) is 8.02. The van der Waals surface area contributed by atoms with Crippen molar-refractivity contribution in [2.45, 2.75) is 50.3 Å². The number of nitrogens with one attached hydrogen (secondary N) is 1. The lowest BCUT2D eigenvalue weighted by atomic mass is 9.96. The van der Waals surface area contributed by atoms with Crippen LogP contribution in [-0.4, -0.2) is 83.5 Å². The van der Waals surface area contributed by atoms with Crippen LogP contribution in [0.25, 0.3) is 0 Å². The van der Waals surface area contributed by atoms with Crippen LogP contribution in [0.15, 0.2) is 30.6 Å². The standard InChI is InChI=1S/C24H37N5O3/c1-31-23-14-18(15-28-10-4-19(5-11-28)24-26-8-9-27-24)2-3-22(23)32-17-21(30)16-29-12-6-20(25)7-13-29/h2-3,8-9,14,19-21,30H,4-7,10-13,15-17,25H2,1H3,(H,26,27). The van der Waals surface area contributed by atoms with Crippen LogP contribution in [0, 0.1) is 0 Å². The highest BCUT2D eigenvalue weighted by Crippen LogP contribution is 2.30. The Morgan fingerprint density at radius 3 is 2.56 bits per heavy atom. The van der Waals surface area contributed by atoms with Gasteiger partial charge in [-0.2, -0.15) is 0 Å². The van der Waals surface area contributed by atoms with Crippen molar-refractivity contribution < 1.29 is 14.6 Å². The molecule has 1 unspecified atom stereocenters. The number of nitrogens with zero attached hydrogens (tertiary/aromatic N) is 3. The van der Waals surface area contributed by atoms with E-state index in [2.05, 4.69) is 25.8 Å². The number of rotatable bonds is 9. The van der Waals surface area contributed by atoms with E-state index in [1.165, 1.54) is 5.56 Å². The van der Waals surface area contributed by atoms with Gasteiger partial charge in [-0.1, -0.05) is 6.07 Å². The number of aromatic nitrogens is 2. The lowest BCUT2D eigenvalue weighted by Gasteiger charge is -2.31. The highest BCUT2D eigenvalue weighted by Gasteiger charge is 2.23. The molecule has 176 valence electrons. The largest absolute Gasteiger partial charge is 0.493 e. The number of ether oxygens (including phenoxy) is 2. The Morgan fingerprint density at radius 2 is 1.88 bits per heavy atom. The van der Waals surface area contributed by atoms with E-state index >= 15 is 0 Å². The zero-order chi connectivity index (χ0) is 22.3. The van der Waals surface area contributed by atoms with Crippen molar-refractivity contribution >= 4 is 0 Å². The van der Waals surface area contributed by atoms with E-state index in [9.17, 15) is 5.11 Å². The Labute approximate surface area is 190 Å². The molecular weight excluding hydrogens is 406 g/mol. The molecule has 0 aliphatic carbocycles. The molecule has 1 aromatic carbocycles. The first-order valence-corrected chi connectivity index (χ1v) is 11.8. The topological polar surface area (TPSA) is 99.9 Å². The van der Waals surface area contributed by atoms with Crippen LogP contribution in [0.2, 0.25) is 0 Å². The summed E-state index contributed by atoms with van der Waals surface area (Å²) in [7, 11) is 1.66. The van der Waals surface area contributed by atoms with Gasteiger partial charge in [-0.3, -0.25) is 4.90 Å². The van der Waals surface area contributed by atoms with Crippen molar-refractivity contribution in [2.24, 2.45) is 5.73 Å². The van der Waals surface area contributed by atoms with Gasteiger partial charge < -0.3 is 30.2 Å². The Morgan fingerprint density at radius 1 is 1.12 bits per heavy atom. The molecule has 2 saturated heterocycles. The van der Waals surface area contributed by atoms with E-state index in [1.807, 2.05) is 24.5 Å². The first-order chi connectivity index (χ1) is 15.6. The summed E-state index contributed by atoms with van der Waals surface area (Å²) in [6, 6.07) is 6.39. The highest BCUT2D eigenvalue weighted by atomic mass is 16.5. The second-order valence-electron chi connectivity index (χ2n) is 9.11. The lowest BCUT2D eigenvalue weighted by molar-refractivity contribution is 0.0588. The number of β-amino-alcohol motifs (C(OH)–C–C–N with tert-alkyl or cyclic N) is 1. The van der Waals surface area contributed by atoms with E-state index < -0.39 is 6.10 Å². The maximum atomic E-state index is 10.4. The van der Waals surface area contributed by atoms with Gasteiger partial charge in [0.2, 0.25) is 0 Å². The van der Waals surface area contributed by atoms with E-state index in [0.717, 1.165) is 64.2 Å². The average molecular weight is 444 g/mol. The molecule has 1 atom stereocenters. The van der Waals surface area contributed by atoms with Crippen LogP contribution in [0.5, 0.6) is 11.5 Å². The molecule has 2 aromatic rings. The molecule has 0 amide bonds. The van der Waals surface area contributed by atoms with Crippen molar-refractivity contribution in [1.29, 1.82) is 0 Å². The van der Waals surface area contributed by atoms with Gasteiger partial charge in [-0.15, -0.1) is 0 Å². The van der Waals surface area contributed by atoms with Crippen molar-refractivity contribution in [3.63, 3.8) is 0 Å². The van der Waals surface area contributed by atoms with Gasteiger partial charge in [0.15, 0.2) is 11.5 Å². The number of hydrogen-bond acceptors (Lipinski definition) is 7. The predicted molar refractivity (Wildman–Crippen MR) is 124 cm³/mol. The normalized spacial score (nSPS) is 20.3. The number of methoxy groups -OCH3 is 1. The maximum Gasteiger partial charge on any atom is 0.161 e. The van der Waals surface area contributed by atoms with Gasteiger partial charge in [-0.05, 0) is 69.6 Å². The monoisotopic (exact) mass is 443 g/mol. The minimum absolute atomic E-state index is 0.249. The molecule has 0 saturated carbocycles. The third-order valence-corrected chi connectivity index (χ3v) is 6.66. The quantitative estimate of drug-likeness (QED) is 0.545. The Balaban J connectivity index is 1.24. The van der Waals surface area contributed by atoms with E-state index in [-0.39, 0.29) is 6.61 Å². The van der Waals surface area contributed by atoms with Gasteiger partial charge in [-0.25, -0.2) is 4.98 Å². The van der Waals surface area contributed by atoms with Gasteiger partial charge in [0, 0.05) is 37.4 Å². The molecule has 3 heterocycles. The summed E-state index contributed by atoms with van der Waals surface area (Å²) in [5, 5.41) is 10.4. The summed E-state index contributed by atoms with van der Waals surface area (Å²) in [6.07, 6.45) is 7.41. The molecule has 0 spiro atoms. The number of imidazole rings is 1. The van der Waals surface area contributed by atoms with Crippen LogP contribution < -0.4 is 15.2 Å². The zero-order valence-electron chi connectivity index (χ0n) is 19.1. The van der Waals surface area contributed by atoms with E-state index in [1.54, 1.807) is 7.11 Å². The van der Waals surface area contributed by atoms with Crippen molar-refractivity contribution in [2.75, 3.05) is 46.4 Å². The lowest BCUT2D eigenvalue weighted by Crippen LogP contribution is -2.44. The number of piperidine rings is 2. The number of aromatic amines is 1. The fraction of sp³-hybridized carbons (Fsp3) is 0.625. The molecule has 0 bridgehead atoms. The predicted octanol–water partition coefficient (Wildman–Crippen LogP) is 1.96. The first kappa shape index (κ1) is 23.0. The zero-order valence-corrected chi connectivity index (χ0v) is 19.1. The van der Waals surface area contributed by atoms with Gasteiger partial charge >= 0.3 is 0 Å². The van der Waals surface area contributed by atoms with E-state index in [0.29, 0.717) is 30.0 Å². The van der Waals surface area contributed by atoms with Crippen molar-refractivity contribution in [1.82, 2.24) is 19.8 Å². The number of likely N-dealkylation sites (tertiary alicyclic amines) is 2. The van der Waals surface area contributed by atoms with Gasteiger partial charge in [0.25, 0.3) is 0 Å². The van der Waals surface area contributed by atoms with Crippen LogP contribution in [0.4, 0.5) is 0 Å². The van der Waals surface area contributed by atoms with Crippen LogP contribution >= 0.6 is 0 Å². The molecule has 0 radical (unpaired) electrons. The number of aliphatic hydroxyl groups is 1. The van der Waals surface area contributed by atoms with Gasteiger partial charge in [0.1, 0.15) is 18.5 Å². The summed E-state index contributed by atoms with van der Waals surface area (Å²) in [6.45, 7) is 5.74. The molecule has 4 N–H and O–H groups in total. The molecule has 2 aliphatic rings. The molecule has 8 heteroatoms. The van der Waals surface area contributed by atoms with Crippen molar-refractivity contribution in [3.8, 4) is 11.5 Å². The summed E-state index contributed by atoms with van der Waals surface area (Å²) in [4.78, 5) is 12.4. The summed E-state index contributed by atoms with van der Waals surface area (Å²) in [5.74, 6) is 3.02. The fourth-order valence-corrected chi connectivity index (χ4v) is 4.73. The number of nitrogens with two attached hydrogens (primary N) is 1. The summed E-state index contributed by atoms with van der Waals surface area (Å²) >= 11 is 0. The van der Waals surface area contributed by atoms with Crippen molar-refractivity contribution in [3.05, 3.63) is 42.0 Å². The third-order valence-electron chi connectivity index (χ3n) is 6.66. The highest BCUT2D eigenvalue weighted by molar-refractivity contribution is 5.43. The number of benzene rings is 1. The molecule has 2 aliphatic heterocycles. The number of aliphatic hydroxyl groups excluding tert-OH is 1. The second kappa shape index (κ2) is 11.1. The Hall–Kier alpha value is -2.13. The van der Waals surface area contributed by atoms with E-state index in [4.69, 9.17) is 15.2 Å². The summed E-state index contributed by atoms with van der Waals surface area (Å²) < 4.78 is 11.5.